The number of primary amides is 1. The lowest BCUT2D eigenvalue weighted by molar-refractivity contribution is -0.121. The Morgan fingerprint density at radius 2 is 1.95 bits per heavy atom. The van der Waals surface area contributed by atoms with Gasteiger partial charge in [0, 0.05) is 11.8 Å². The van der Waals surface area contributed by atoms with Crippen molar-refractivity contribution in [2.24, 2.45) is 11.5 Å². The maximum Gasteiger partial charge on any atom is 0.255 e. The standard InChI is InChI=1S/C14H19N3O3.ClH/c15-12(18)9-20-11-5-3-4-10(8-11)17-13(19)14(16)6-1-2-7-14;/h3-5,8H,1-2,6-7,9,16H2,(H2,15,18)(H,17,19);1H. The highest BCUT2D eigenvalue weighted by Gasteiger charge is 2.36. The smallest absolute Gasteiger partial charge is 0.255 e. The van der Waals surface area contributed by atoms with E-state index in [1.165, 1.54) is 0 Å². The summed E-state index contributed by atoms with van der Waals surface area (Å²) in [5.74, 6) is -0.257. The number of rotatable bonds is 5. The molecule has 0 spiro atoms. The number of carbonyl (C=O) groups excluding carboxylic acids is 2. The summed E-state index contributed by atoms with van der Waals surface area (Å²) in [6.07, 6.45) is 3.37. The molecular formula is C14H20ClN3O3. The van der Waals surface area contributed by atoms with E-state index < -0.39 is 11.4 Å². The van der Waals surface area contributed by atoms with Crippen molar-refractivity contribution in [3.63, 3.8) is 0 Å². The van der Waals surface area contributed by atoms with Crippen LogP contribution in [0.15, 0.2) is 24.3 Å². The number of benzene rings is 1. The van der Waals surface area contributed by atoms with Crippen LogP contribution in [-0.4, -0.2) is 24.0 Å². The van der Waals surface area contributed by atoms with Crippen molar-refractivity contribution in [3.05, 3.63) is 24.3 Å². The molecule has 1 saturated carbocycles. The zero-order valence-electron chi connectivity index (χ0n) is 11.6. The predicted octanol–water partition coefficient (Wildman–Crippen LogP) is 1.18. The van der Waals surface area contributed by atoms with Crippen molar-refractivity contribution in [1.82, 2.24) is 0 Å². The molecule has 0 atom stereocenters. The third kappa shape index (κ3) is 4.61. The summed E-state index contributed by atoms with van der Waals surface area (Å²) in [5, 5.41) is 2.79. The van der Waals surface area contributed by atoms with Gasteiger partial charge in [-0.3, -0.25) is 9.59 Å². The van der Waals surface area contributed by atoms with E-state index in [1.54, 1.807) is 24.3 Å². The molecule has 116 valence electrons. The Bertz CT molecular complexity index is 516. The van der Waals surface area contributed by atoms with Crippen LogP contribution in [0.3, 0.4) is 0 Å². The Morgan fingerprint density at radius 3 is 2.57 bits per heavy atom. The topological polar surface area (TPSA) is 107 Å². The maximum atomic E-state index is 12.2. The van der Waals surface area contributed by atoms with E-state index in [2.05, 4.69) is 5.32 Å². The lowest BCUT2D eigenvalue weighted by Crippen LogP contribution is -2.48. The Kier molecular flexibility index (Phi) is 5.99. The second-order valence-corrected chi connectivity index (χ2v) is 5.10. The van der Waals surface area contributed by atoms with Crippen molar-refractivity contribution in [2.75, 3.05) is 11.9 Å². The molecule has 6 nitrogen and oxygen atoms in total. The first kappa shape index (κ1) is 17.3. The van der Waals surface area contributed by atoms with E-state index in [1.807, 2.05) is 0 Å². The summed E-state index contributed by atoms with van der Waals surface area (Å²) < 4.78 is 5.18. The van der Waals surface area contributed by atoms with Crippen molar-refractivity contribution >= 4 is 29.9 Å². The van der Waals surface area contributed by atoms with Crippen LogP contribution in [-0.2, 0) is 9.59 Å². The molecule has 21 heavy (non-hydrogen) atoms. The molecule has 0 heterocycles. The van der Waals surface area contributed by atoms with Gasteiger partial charge >= 0.3 is 0 Å². The summed E-state index contributed by atoms with van der Waals surface area (Å²) in [5.41, 5.74) is 10.9. The fraction of sp³-hybridized carbons (Fsp3) is 0.429. The summed E-state index contributed by atoms with van der Waals surface area (Å²) in [6.45, 7) is -0.196. The molecule has 1 aromatic carbocycles. The minimum atomic E-state index is -0.774. The van der Waals surface area contributed by atoms with Gasteiger partial charge < -0.3 is 21.5 Å². The summed E-state index contributed by atoms with van der Waals surface area (Å²) >= 11 is 0. The number of nitrogens with one attached hydrogen (secondary N) is 1. The van der Waals surface area contributed by atoms with Crippen molar-refractivity contribution < 1.29 is 14.3 Å². The van der Waals surface area contributed by atoms with Gasteiger partial charge in [-0.25, -0.2) is 0 Å². The van der Waals surface area contributed by atoms with Gasteiger partial charge in [0.1, 0.15) is 5.75 Å². The molecule has 1 aliphatic carbocycles. The molecule has 2 rings (SSSR count). The molecular weight excluding hydrogens is 294 g/mol. The maximum absolute atomic E-state index is 12.2. The van der Waals surface area contributed by atoms with Crippen LogP contribution in [0.2, 0.25) is 0 Å². The average Bonchev–Trinajstić information content (AvgIpc) is 2.85. The van der Waals surface area contributed by atoms with Crippen LogP contribution in [0.25, 0.3) is 0 Å². The van der Waals surface area contributed by atoms with E-state index in [-0.39, 0.29) is 24.9 Å². The van der Waals surface area contributed by atoms with Gasteiger partial charge in [0.2, 0.25) is 5.91 Å². The van der Waals surface area contributed by atoms with Gasteiger partial charge in [0.15, 0.2) is 6.61 Å². The molecule has 5 N–H and O–H groups in total. The van der Waals surface area contributed by atoms with Gasteiger partial charge in [-0.05, 0) is 25.0 Å². The second kappa shape index (κ2) is 7.28. The zero-order chi connectivity index (χ0) is 14.6. The number of carbonyl (C=O) groups is 2. The average molecular weight is 314 g/mol. The van der Waals surface area contributed by atoms with E-state index in [0.29, 0.717) is 24.3 Å². The number of amides is 2. The minimum Gasteiger partial charge on any atom is -0.484 e. The first-order valence-corrected chi connectivity index (χ1v) is 6.61. The highest BCUT2D eigenvalue weighted by molar-refractivity contribution is 5.98. The normalized spacial score (nSPS) is 15.9. The fourth-order valence-electron chi connectivity index (χ4n) is 2.31. The number of hydrogen-bond donors (Lipinski definition) is 3. The molecule has 2 amide bonds. The molecule has 0 aliphatic heterocycles. The molecule has 0 radical (unpaired) electrons. The second-order valence-electron chi connectivity index (χ2n) is 5.10. The predicted molar refractivity (Wildman–Crippen MR) is 82.4 cm³/mol. The monoisotopic (exact) mass is 313 g/mol. The van der Waals surface area contributed by atoms with E-state index in [0.717, 1.165) is 12.8 Å². The number of halogens is 1. The van der Waals surface area contributed by atoms with E-state index in [9.17, 15) is 9.59 Å². The SMILES string of the molecule is Cl.NC(=O)COc1cccc(NC(=O)C2(N)CCCC2)c1. The summed E-state index contributed by atoms with van der Waals surface area (Å²) in [7, 11) is 0. The lowest BCUT2D eigenvalue weighted by atomic mass is 9.98. The molecule has 0 aromatic heterocycles. The van der Waals surface area contributed by atoms with Gasteiger partial charge in [0.25, 0.3) is 5.91 Å². The molecule has 0 bridgehead atoms. The summed E-state index contributed by atoms with van der Waals surface area (Å²) in [6, 6.07) is 6.79. The van der Waals surface area contributed by atoms with Crippen LogP contribution in [0.4, 0.5) is 5.69 Å². The molecule has 1 aliphatic rings. The zero-order valence-corrected chi connectivity index (χ0v) is 12.4. The number of anilines is 1. The van der Waals surface area contributed by atoms with Gasteiger partial charge in [0.05, 0.1) is 5.54 Å². The van der Waals surface area contributed by atoms with Crippen LogP contribution in [0, 0.1) is 0 Å². The van der Waals surface area contributed by atoms with Crippen LogP contribution < -0.4 is 21.5 Å². The van der Waals surface area contributed by atoms with Gasteiger partial charge in [-0.2, -0.15) is 0 Å². The molecule has 0 unspecified atom stereocenters. The minimum absolute atomic E-state index is 0. The first-order valence-electron chi connectivity index (χ1n) is 6.61. The molecule has 7 heteroatoms. The first-order chi connectivity index (χ1) is 9.49. The Labute approximate surface area is 129 Å². The Morgan fingerprint density at radius 1 is 1.29 bits per heavy atom. The third-order valence-electron chi connectivity index (χ3n) is 3.42. The van der Waals surface area contributed by atoms with Gasteiger partial charge in [-0.15, -0.1) is 12.4 Å². The van der Waals surface area contributed by atoms with Crippen LogP contribution in [0.1, 0.15) is 25.7 Å². The van der Waals surface area contributed by atoms with Crippen LogP contribution in [0.5, 0.6) is 5.75 Å². The van der Waals surface area contributed by atoms with Gasteiger partial charge in [-0.1, -0.05) is 18.9 Å². The van der Waals surface area contributed by atoms with Crippen molar-refractivity contribution in [3.8, 4) is 5.75 Å². The van der Waals surface area contributed by atoms with E-state index >= 15 is 0 Å². The number of ether oxygens (including phenoxy) is 1. The number of hydrogen-bond acceptors (Lipinski definition) is 4. The highest BCUT2D eigenvalue weighted by atomic mass is 35.5. The lowest BCUT2D eigenvalue weighted by Gasteiger charge is -2.22. The quantitative estimate of drug-likeness (QED) is 0.758. The Balaban J connectivity index is 0.00000220. The molecule has 1 aromatic rings. The molecule has 1 fully saturated rings. The summed E-state index contributed by atoms with van der Waals surface area (Å²) in [4.78, 5) is 22.8. The molecule has 0 saturated heterocycles. The fourth-order valence-corrected chi connectivity index (χ4v) is 2.31. The largest absolute Gasteiger partial charge is 0.484 e. The van der Waals surface area contributed by atoms with Crippen LogP contribution >= 0.6 is 12.4 Å². The highest BCUT2D eigenvalue weighted by Crippen LogP contribution is 2.28. The number of nitrogens with two attached hydrogens (primary N) is 2. The van der Waals surface area contributed by atoms with Crippen molar-refractivity contribution in [1.29, 1.82) is 0 Å². The van der Waals surface area contributed by atoms with E-state index in [4.69, 9.17) is 16.2 Å². The Hall–Kier alpha value is -1.79. The third-order valence-corrected chi connectivity index (χ3v) is 3.42. The van der Waals surface area contributed by atoms with Crippen molar-refractivity contribution in [2.45, 2.75) is 31.2 Å².